The van der Waals surface area contributed by atoms with Crippen LogP contribution >= 0.6 is 0 Å². The minimum Gasteiger partial charge on any atom is -0.494 e. The molecular weight excluding hydrogens is 179 g/mol. The van der Waals surface area contributed by atoms with Gasteiger partial charge >= 0.3 is 0 Å². The van der Waals surface area contributed by atoms with Crippen molar-refractivity contribution in [1.29, 1.82) is 0 Å². The molecule has 1 atom stereocenters. The van der Waals surface area contributed by atoms with E-state index in [1.54, 1.807) is 18.2 Å². The van der Waals surface area contributed by atoms with Gasteiger partial charge in [-0.2, -0.15) is 0 Å². The molecule has 1 unspecified atom stereocenters. The van der Waals surface area contributed by atoms with E-state index in [0.29, 0.717) is 17.9 Å². The molecule has 0 aromatic heterocycles. The largest absolute Gasteiger partial charge is 0.494 e. The van der Waals surface area contributed by atoms with Crippen molar-refractivity contribution in [3.8, 4) is 5.75 Å². The highest BCUT2D eigenvalue weighted by Crippen LogP contribution is 2.24. The SMILES string of the molecule is [CH2]C(C=C)c1cc(OCC)ccc1F. The van der Waals surface area contributed by atoms with Crippen LogP contribution in [-0.2, 0) is 0 Å². The zero-order valence-electron chi connectivity index (χ0n) is 8.29. The molecule has 1 radical (unpaired) electrons. The normalized spacial score (nSPS) is 12.2. The van der Waals surface area contributed by atoms with Gasteiger partial charge in [0.15, 0.2) is 0 Å². The molecule has 0 aliphatic heterocycles. The zero-order valence-corrected chi connectivity index (χ0v) is 8.29. The molecule has 0 fully saturated rings. The molecule has 75 valence electrons. The number of hydrogen-bond donors (Lipinski definition) is 0. The van der Waals surface area contributed by atoms with E-state index in [1.807, 2.05) is 6.92 Å². The van der Waals surface area contributed by atoms with Crippen LogP contribution in [0.3, 0.4) is 0 Å². The van der Waals surface area contributed by atoms with Crippen molar-refractivity contribution in [3.05, 3.63) is 49.2 Å². The molecule has 14 heavy (non-hydrogen) atoms. The molecule has 0 aliphatic rings. The van der Waals surface area contributed by atoms with Crippen LogP contribution < -0.4 is 4.74 Å². The van der Waals surface area contributed by atoms with Gasteiger partial charge in [-0.25, -0.2) is 4.39 Å². The van der Waals surface area contributed by atoms with Crippen LogP contribution in [0, 0.1) is 12.7 Å². The second-order valence-electron chi connectivity index (χ2n) is 2.96. The Morgan fingerprint density at radius 1 is 1.57 bits per heavy atom. The monoisotopic (exact) mass is 193 g/mol. The molecule has 0 spiro atoms. The maximum atomic E-state index is 13.3. The lowest BCUT2D eigenvalue weighted by Crippen LogP contribution is -1.97. The molecule has 0 saturated carbocycles. The van der Waals surface area contributed by atoms with Crippen molar-refractivity contribution >= 4 is 0 Å². The average Bonchev–Trinajstić information content (AvgIpc) is 2.20. The lowest BCUT2D eigenvalue weighted by atomic mass is 10.0. The van der Waals surface area contributed by atoms with Gasteiger partial charge < -0.3 is 4.74 Å². The van der Waals surface area contributed by atoms with Crippen molar-refractivity contribution in [2.75, 3.05) is 6.61 Å². The van der Waals surface area contributed by atoms with Crippen LogP contribution in [0.15, 0.2) is 30.9 Å². The third-order valence-corrected chi connectivity index (χ3v) is 1.96. The first-order valence-corrected chi connectivity index (χ1v) is 4.57. The van der Waals surface area contributed by atoms with E-state index >= 15 is 0 Å². The molecule has 1 aromatic rings. The van der Waals surface area contributed by atoms with Gasteiger partial charge in [-0.15, -0.1) is 6.58 Å². The zero-order chi connectivity index (χ0) is 10.6. The Morgan fingerprint density at radius 2 is 2.29 bits per heavy atom. The van der Waals surface area contributed by atoms with Gasteiger partial charge in [-0.3, -0.25) is 0 Å². The Labute approximate surface area is 84.2 Å². The van der Waals surface area contributed by atoms with Crippen molar-refractivity contribution in [2.24, 2.45) is 0 Å². The number of hydrogen-bond acceptors (Lipinski definition) is 1. The summed E-state index contributed by atoms with van der Waals surface area (Å²) in [5.74, 6) is 0.156. The number of rotatable bonds is 4. The molecule has 0 heterocycles. The van der Waals surface area contributed by atoms with Gasteiger partial charge in [0.1, 0.15) is 11.6 Å². The van der Waals surface area contributed by atoms with Crippen LogP contribution in [-0.4, -0.2) is 6.61 Å². The van der Waals surface area contributed by atoms with E-state index in [2.05, 4.69) is 13.5 Å². The van der Waals surface area contributed by atoms with Crippen molar-refractivity contribution in [2.45, 2.75) is 12.8 Å². The molecule has 1 aromatic carbocycles. The van der Waals surface area contributed by atoms with E-state index in [-0.39, 0.29) is 11.7 Å². The molecule has 0 N–H and O–H groups in total. The summed E-state index contributed by atoms with van der Waals surface area (Å²) in [7, 11) is 0. The van der Waals surface area contributed by atoms with Crippen LogP contribution in [0.4, 0.5) is 4.39 Å². The minimum atomic E-state index is -0.270. The van der Waals surface area contributed by atoms with Gasteiger partial charge in [0.2, 0.25) is 0 Å². The van der Waals surface area contributed by atoms with Gasteiger partial charge in [0, 0.05) is 5.92 Å². The highest BCUT2D eigenvalue weighted by Gasteiger charge is 2.08. The highest BCUT2D eigenvalue weighted by molar-refractivity contribution is 5.34. The number of ether oxygens (including phenoxy) is 1. The van der Waals surface area contributed by atoms with Crippen LogP contribution in [0.1, 0.15) is 18.4 Å². The second kappa shape index (κ2) is 4.80. The number of halogens is 1. The fraction of sp³-hybridized carbons (Fsp3) is 0.250. The molecule has 0 amide bonds. The Morgan fingerprint density at radius 3 is 2.86 bits per heavy atom. The molecular formula is C12H14FO. The third-order valence-electron chi connectivity index (χ3n) is 1.96. The maximum absolute atomic E-state index is 13.3. The summed E-state index contributed by atoms with van der Waals surface area (Å²) in [6.07, 6.45) is 1.61. The molecule has 0 bridgehead atoms. The molecule has 1 rings (SSSR count). The predicted octanol–water partition coefficient (Wildman–Crippen LogP) is 3.33. The van der Waals surface area contributed by atoms with Crippen molar-refractivity contribution in [3.63, 3.8) is 0 Å². The van der Waals surface area contributed by atoms with Crippen LogP contribution in [0.25, 0.3) is 0 Å². The first-order chi connectivity index (χ1) is 6.69. The minimum absolute atomic E-state index is 0.240. The Hall–Kier alpha value is -1.31. The quantitative estimate of drug-likeness (QED) is 0.666. The van der Waals surface area contributed by atoms with Gasteiger partial charge in [0.05, 0.1) is 6.61 Å². The van der Waals surface area contributed by atoms with Crippen molar-refractivity contribution in [1.82, 2.24) is 0 Å². The van der Waals surface area contributed by atoms with E-state index < -0.39 is 0 Å². The van der Waals surface area contributed by atoms with E-state index in [4.69, 9.17) is 4.74 Å². The first kappa shape index (κ1) is 10.8. The summed E-state index contributed by atoms with van der Waals surface area (Å²) in [6, 6.07) is 4.67. The van der Waals surface area contributed by atoms with Gasteiger partial charge in [0.25, 0.3) is 0 Å². The molecule has 2 heteroatoms. The Kier molecular flexibility index (Phi) is 3.69. The molecule has 1 nitrogen and oxygen atoms in total. The molecule has 0 aliphatic carbocycles. The predicted molar refractivity (Wildman–Crippen MR) is 55.9 cm³/mol. The Bertz CT molecular complexity index is 320. The van der Waals surface area contributed by atoms with E-state index in [0.717, 1.165) is 0 Å². The average molecular weight is 193 g/mol. The number of allylic oxidation sites excluding steroid dienone is 1. The van der Waals surface area contributed by atoms with Crippen LogP contribution in [0.5, 0.6) is 5.75 Å². The van der Waals surface area contributed by atoms with Gasteiger partial charge in [-0.05, 0) is 37.6 Å². The third kappa shape index (κ3) is 2.34. The topological polar surface area (TPSA) is 9.23 Å². The fourth-order valence-corrected chi connectivity index (χ4v) is 1.19. The van der Waals surface area contributed by atoms with Crippen LogP contribution in [0.2, 0.25) is 0 Å². The molecule has 0 saturated heterocycles. The standard InChI is InChI=1S/C12H14FO/c1-4-9(3)11-8-10(14-5-2)6-7-12(11)13/h4,6-9H,1,3,5H2,2H3. The summed E-state index contributed by atoms with van der Waals surface area (Å²) >= 11 is 0. The smallest absolute Gasteiger partial charge is 0.127 e. The van der Waals surface area contributed by atoms with E-state index in [1.165, 1.54) is 6.07 Å². The fourth-order valence-electron chi connectivity index (χ4n) is 1.19. The van der Waals surface area contributed by atoms with Gasteiger partial charge in [-0.1, -0.05) is 6.08 Å². The first-order valence-electron chi connectivity index (χ1n) is 4.57. The maximum Gasteiger partial charge on any atom is 0.127 e. The highest BCUT2D eigenvalue weighted by atomic mass is 19.1. The second-order valence-corrected chi connectivity index (χ2v) is 2.96. The lowest BCUT2D eigenvalue weighted by Gasteiger charge is -2.10. The van der Waals surface area contributed by atoms with Crippen molar-refractivity contribution < 1.29 is 9.13 Å². The summed E-state index contributed by atoms with van der Waals surface area (Å²) in [5.41, 5.74) is 0.519. The summed E-state index contributed by atoms with van der Waals surface area (Å²) < 4.78 is 18.6. The lowest BCUT2D eigenvalue weighted by molar-refractivity contribution is 0.339. The summed E-state index contributed by atoms with van der Waals surface area (Å²) in [4.78, 5) is 0. The Balaban J connectivity index is 3.01. The number of benzene rings is 1. The summed E-state index contributed by atoms with van der Waals surface area (Å²) in [6.45, 7) is 9.82. The van der Waals surface area contributed by atoms with E-state index in [9.17, 15) is 4.39 Å². The summed E-state index contributed by atoms with van der Waals surface area (Å²) in [5, 5.41) is 0.